The maximum atomic E-state index is 13.5. The van der Waals surface area contributed by atoms with Crippen molar-refractivity contribution in [2.45, 2.75) is 38.4 Å². The molecule has 1 atom stereocenters. The average molecular weight is 328 g/mol. The molecule has 1 aromatic carbocycles. The summed E-state index contributed by atoms with van der Waals surface area (Å²) in [5.74, 6) is 0. The van der Waals surface area contributed by atoms with Crippen molar-refractivity contribution in [2.75, 3.05) is 20.1 Å². The third kappa shape index (κ3) is 5.64. The number of unbranched alkanes of at least 4 members (excludes halogenated alkanes) is 1. The highest BCUT2D eigenvalue weighted by Crippen LogP contribution is 2.19. The highest BCUT2D eigenvalue weighted by atomic mass is 19.1. The lowest BCUT2D eigenvalue weighted by molar-refractivity contribution is 0.125. The van der Waals surface area contributed by atoms with E-state index in [1.165, 1.54) is 5.56 Å². The molecule has 2 rings (SSSR count). The van der Waals surface area contributed by atoms with Crippen molar-refractivity contribution in [3.63, 3.8) is 0 Å². The minimum absolute atomic E-state index is 0.706. The molecule has 1 saturated heterocycles. The Morgan fingerprint density at radius 1 is 1.25 bits per heavy atom. The van der Waals surface area contributed by atoms with Gasteiger partial charge in [0.1, 0.15) is 0 Å². The molecule has 0 spiro atoms. The molecule has 1 aromatic rings. The van der Waals surface area contributed by atoms with Gasteiger partial charge in [-0.05, 0) is 54.9 Å². The third-order valence-electron chi connectivity index (χ3n) is 4.58. The molecule has 0 aliphatic carbocycles. The molecule has 1 fully saturated rings. The molecule has 3 heteroatoms. The number of alkyl halides is 1. The summed E-state index contributed by atoms with van der Waals surface area (Å²) < 4.78 is 13.5. The molecule has 130 valence electrons. The Balaban J connectivity index is 1.74. The van der Waals surface area contributed by atoms with Crippen molar-refractivity contribution in [3.05, 3.63) is 66.4 Å². The molecule has 1 heterocycles. The Morgan fingerprint density at radius 2 is 2.00 bits per heavy atom. The van der Waals surface area contributed by atoms with E-state index in [-0.39, 0.29) is 0 Å². The topological polar surface area (TPSA) is 15.3 Å². The predicted octanol–water partition coefficient (Wildman–Crippen LogP) is 4.70. The predicted molar refractivity (Wildman–Crippen MR) is 101 cm³/mol. The van der Waals surface area contributed by atoms with Gasteiger partial charge in [-0.2, -0.15) is 0 Å². The number of aryl methyl sites for hydroxylation is 1. The number of hydrogen-bond donors (Lipinski definition) is 1. The molecule has 2 nitrogen and oxygen atoms in total. The smallest absolute Gasteiger partial charge is 0.153 e. The van der Waals surface area contributed by atoms with Gasteiger partial charge in [-0.1, -0.05) is 43.5 Å². The SMILES string of the molecule is C=C(/C=C\C(=C)c1ccc(CCCCN2CCCC2F)cc1)NC. The molecule has 24 heavy (non-hydrogen) atoms. The monoisotopic (exact) mass is 328 g/mol. The first kappa shape index (κ1) is 18.5. The molecule has 1 unspecified atom stereocenters. The first-order valence-corrected chi connectivity index (χ1v) is 8.81. The van der Waals surface area contributed by atoms with E-state index in [2.05, 4.69) is 42.7 Å². The van der Waals surface area contributed by atoms with Crippen molar-refractivity contribution in [3.8, 4) is 0 Å². The largest absolute Gasteiger partial charge is 0.389 e. The zero-order valence-corrected chi connectivity index (χ0v) is 14.7. The van der Waals surface area contributed by atoms with Crippen LogP contribution in [0, 0.1) is 0 Å². The number of benzene rings is 1. The number of allylic oxidation sites excluding steroid dienone is 3. The van der Waals surface area contributed by atoms with Gasteiger partial charge in [-0.15, -0.1) is 0 Å². The van der Waals surface area contributed by atoms with Crippen molar-refractivity contribution in [1.82, 2.24) is 10.2 Å². The van der Waals surface area contributed by atoms with Crippen LogP contribution in [-0.4, -0.2) is 31.3 Å². The van der Waals surface area contributed by atoms with E-state index in [4.69, 9.17) is 0 Å². The number of halogens is 1. The van der Waals surface area contributed by atoms with Gasteiger partial charge in [0.25, 0.3) is 0 Å². The van der Waals surface area contributed by atoms with Gasteiger partial charge in [0, 0.05) is 25.8 Å². The average Bonchev–Trinajstić information content (AvgIpc) is 3.01. The lowest BCUT2D eigenvalue weighted by Crippen LogP contribution is -2.26. The first-order chi connectivity index (χ1) is 11.6. The zero-order valence-electron chi connectivity index (χ0n) is 14.7. The second kappa shape index (κ2) is 9.43. The number of rotatable bonds is 9. The quantitative estimate of drug-likeness (QED) is 0.401. The Labute approximate surface area is 145 Å². The molecule has 1 N–H and O–H groups in total. The Hall–Kier alpha value is -1.87. The van der Waals surface area contributed by atoms with Crippen LogP contribution >= 0.6 is 0 Å². The first-order valence-electron chi connectivity index (χ1n) is 8.81. The van der Waals surface area contributed by atoms with Crippen molar-refractivity contribution < 1.29 is 4.39 Å². The molecule has 0 saturated carbocycles. The summed E-state index contributed by atoms with van der Waals surface area (Å²) in [5, 5.41) is 2.98. The van der Waals surface area contributed by atoms with Gasteiger partial charge in [-0.25, -0.2) is 4.39 Å². The number of hydrogen-bond acceptors (Lipinski definition) is 2. The van der Waals surface area contributed by atoms with E-state index in [9.17, 15) is 4.39 Å². The number of likely N-dealkylation sites (N-methyl/N-ethyl adjacent to an activating group) is 1. The van der Waals surface area contributed by atoms with Gasteiger partial charge < -0.3 is 5.32 Å². The van der Waals surface area contributed by atoms with Crippen molar-refractivity contribution in [1.29, 1.82) is 0 Å². The fourth-order valence-corrected chi connectivity index (χ4v) is 2.95. The minimum Gasteiger partial charge on any atom is -0.389 e. The minimum atomic E-state index is -0.706. The summed E-state index contributed by atoms with van der Waals surface area (Å²) in [6.45, 7) is 9.76. The maximum absolute atomic E-state index is 13.5. The highest BCUT2D eigenvalue weighted by Gasteiger charge is 2.22. The maximum Gasteiger partial charge on any atom is 0.153 e. The third-order valence-corrected chi connectivity index (χ3v) is 4.58. The molecule has 0 radical (unpaired) electrons. The van der Waals surface area contributed by atoms with Crippen LogP contribution in [0.1, 0.15) is 36.8 Å². The molecule has 0 aromatic heterocycles. The standard InChI is InChI=1S/C21H29FN2/c1-17(9-10-18(2)23-3)20-13-11-19(12-14-20)7-4-5-15-24-16-6-8-21(24)22/h9-14,21,23H,1-2,4-8,15-16H2,3H3/b10-9-. The molecule has 1 aliphatic rings. The van der Waals surface area contributed by atoms with Crippen LogP contribution in [0.25, 0.3) is 5.57 Å². The highest BCUT2D eigenvalue weighted by molar-refractivity contribution is 5.72. The van der Waals surface area contributed by atoms with E-state index in [1.54, 1.807) is 0 Å². The normalized spacial score (nSPS) is 18.2. The van der Waals surface area contributed by atoms with E-state index >= 15 is 0 Å². The van der Waals surface area contributed by atoms with Crippen LogP contribution in [0.5, 0.6) is 0 Å². The van der Waals surface area contributed by atoms with Crippen LogP contribution in [0.15, 0.2) is 55.3 Å². The summed E-state index contributed by atoms with van der Waals surface area (Å²) in [5.41, 5.74) is 4.28. The zero-order chi connectivity index (χ0) is 17.4. The van der Waals surface area contributed by atoms with E-state index < -0.39 is 6.30 Å². The molecule has 1 aliphatic heterocycles. The fraction of sp³-hybridized carbons (Fsp3) is 0.429. The number of nitrogens with zero attached hydrogens (tertiary/aromatic N) is 1. The molecular weight excluding hydrogens is 299 g/mol. The summed E-state index contributed by atoms with van der Waals surface area (Å²) in [4.78, 5) is 1.97. The van der Waals surface area contributed by atoms with Crippen LogP contribution in [-0.2, 0) is 6.42 Å². The van der Waals surface area contributed by atoms with Gasteiger partial charge >= 0.3 is 0 Å². The lowest BCUT2D eigenvalue weighted by Gasteiger charge is -2.17. The summed E-state index contributed by atoms with van der Waals surface area (Å²) >= 11 is 0. The Morgan fingerprint density at radius 3 is 2.62 bits per heavy atom. The molecular formula is C21H29FN2. The lowest BCUT2D eigenvalue weighted by atomic mass is 10.0. The van der Waals surface area contributed by atoms with Gasteiger partial charge in [0.05, 0.1) is 0 Å². The van der Waals surface area contributed by atoms with Crippen LogP contribution < -0.4 is 5.32 Å². The van der Waals surface area contributed by atoms with Gasteiger partial charge in [-0.3, -0.25) is 4.90 Å². The van der Waals surface area contributed by atoms with Crippen molar-refractivity contribution in [2.24, 2.45) is 0 Å². The van der Waals surface area contributed by atoms with E-state index in [0.717, 1.165) is 55.6 Å². The van der Waals surface area contributed by atoms with Crippen LogP contribution in [0.2, 0.25) is 0 Å². The van der Waals surface area contributed by atoms with E-state index in [0.29, 0.717) is 6.42 Å². The van der Waals surface area contributed by atoms with Gasteiger partial charge in [0.2, 0.25) is 0 Å². The number of likely N-dealkylation sites (tertiary alicyclic amines) is 1. The molecule has 0 amide bonds. The van der Waals surface area contributed by atoms with Crippen LogP contribution in [0.3, 0.4) is 0 Å². The van der Waals surface area contributed by atoms with E-state index in [1.807, 2.05) is 24.1 Å². The fourth-order valence-electron chi connectivity index (χ4n) is 2.95. The summed E-state index contributed by atoms with van der Waals surface area (Å²) in [7, 11) is 1.85. The second-order valence-electron chi connectivity index (χ2n) is 6.40. The van der Waals surface area contributed by atoms with Crippen LogP contribution in [0.4, 0.5) is 4.39 Å². The Bertz CT molecular complexity index is 574. The van der Waals surface area contributed by atoms with Gasteiger partial charge in [0.15, 0.2) is 6.30 Å². The second-order valence-corrected chi connectivity index (χ2v) is 6.40. The summed E-state index contributed by atoms with van der Waals surface area (Å²) in [6, 6.07) is 8.55. The molecule has 0 bridgehead atoms. The van der Waals surface area contributed by atoms with Crippen molar-refractivity contribution >= 4 is 5.57 Å². The number of nitrogens with one attached hydrogen (secondary N) is 1. The summed E-state index contributed by atoms with van der Waals surface area (Å²) in [6.07, 6.45) is 8.11. The Kier molecular flexibility index (Phi) is 7.26.